The topological polar surface area (TPSA) is 62.1 Å². The van der Waals surface area contributed by atoms with Crippen molar-refractivity contribution in [3.63, 3.8) is 0 Å². The Morgan fingerprint density at radius 1 is 1.47 bits per heavy atom. The molecule has 1 heterocycles. The molecule has 6 heteroatoms. The minimum atomic E-state index is -1.08. The van der Waals surface area contributed by atoms with Crippen LogP contribution < -0.4 is 5.32 Å². The fourth-order valence-corrected chi connectivity index (χ4v) is 2.18. The molecule has 100 valence electrons. The summed E-state index contributed by atoms with van der Waals surface area (Å²) in [5.74, 6) is -0.865. The second kappa shape index (κ2) is 5.68. The Bertz CT molecular complexity index is 536. The van der Waals surface area contributed by atoms with Crippen LogP contribution in [0.4, 0.5) is 10.1 Å². The average Bonchev–Trinajstić information content (AvgIpc) is 2.43. The van der Waals surface area contributed by atoms with Crippen LogP contribution in [-0.2, 0) is 9.53 Å². The number of carbonyl (C=O) groups excluding carboxylic acids is 1. The van der Waals surface area contributed by atoms with Crippen LogP contribution in [0.1, 0.15) is 12.8 Å². The van der Waals surface area contributed by atoms with E-state index in [9.17, 15) is 14.4 Å². The van der Waals surface area contributed by atoms with E-state index in [1.165, 1.54) is 12.1 Å². The maximum atomic E-state index is 13.4. The number of anilines is 1. The molecule has 0 atom stereocenters. The number of hydrogen-bond acceptors (Lipinski definition) is 3. The molecule has 1 fully saturated rings. The molecule has 1 aliphatic rings. The van der Waals surface area contributed by atoms with E-state index in [2.05, 4.69) is 27.3 Å². The first-order valence-corrected chi connectivity index (χ1v) is 6.62. The summed E-state index contributed by atoms with van der Waals surface area (Å²) in [5.41, 5.74) is -0.742. The van der Waals surface area contributed by atoms with E-state index in [4.69, 9.17) is 4.74 Å². The summed E-state index contributed by atoms with van der Waals surface area (Å²) < 4.78 is 18.9. The molecule has 2 rings (SSSR count). The van der Waals surface area contributed by atoms with Gasteiger partial charge < -0.3 is 10.1 Å². The molecular weight excluding hydrogens is 315 g/mol. The minimum absolute atomic E-state index is 0.326. The number of benzene rings is 1. The van der Waals surface area contributed by atoms with Gasteiger partial charge in [-0.3, -0.25) is 4.79 Å². The Balaban J connectivity index is 2.15. The summed E-state index contributed by atoms with van der Waals surface area (Å²) in [6.45, 7) is 0.769. The van der Waals surface area contributed by atoms with Gasteiger partial charge in [0.15, 0.2) is 0 Å². The Morgan fingerprint density at radius 3 is 2.74 bits per heavy atom. The lowest BCUT2D eigenvalue weighted by Gasteiger charge is -2.29. The van der Waals surface area contributed by atoms with Crippen LogP contribution in [0, 0.1) is 22.6 Å². The highest BCUT2D eigenvalue weighted by atomic mass is 79.9. The first-order valence-electron chi connectivity index (χ1n) is 5.83. The van der Waals surface area contributed by atoms with Crippen molar-refractivity contribution >= 4 is 27.5 Å². The Morgan fingerprint density at radius 2 is 2.16 bits per heavy atom. The standard InChI is InChI=1S/C13H12BrFN2O2/c14-10-2-1-9(7-11(10)15)17-12(18)13(8-16)3-5-19-6-4-13/h1-2,7H,3-6H2,(H,17,18). The summed E-state index contributed by atoms with van der Waals surface area (Å²) in [6.07, 6.45) is 0.711. The zero-order chi connectivity index (χ0) is 13.9. The van der Waals surface area contributed by atoms with E-state index in [-0.39, 0.29) is 0 Å². The van der Waals surface area contributed by atoms with E-state index in [1.54, 1.807) is 6.07 Å². The van der Waals surface area contributed by atoms with Crippen molar-refractivity contribution in [3.05, 3.63) is 28.5 Å². The number of rotatable bonds is 2. The normalized spacial score (nSPS) is 17.5. The van der Waals surface area contributed by atoms with E-state index in [1.807, 2.05) is 0 Å². The van der Waals surface area contributed by atoms with Crippen LogP contribution >= 0.6 is 15.9 Å². The largest absolute Gasteiger partial charge is 0.381 e. The van der Waals surface area contributed by atoms with Crippen molar-refractivity contribution in [2.75, 3.05) is 18.5 Å². The first kappa shape index (κ1) is 14.0. The number of ether oxygens (including phenoxy) is 1. The number of nitrogens with one attached hydrogen (secondary N) is 1. The molecule has 0 spiro atoms. The van der Waals surface area contributed by atoms with Gasteiger partial charge in [0.2, 0.25) is 5.91 Å². The first-order chi connectivity index (χ1) is 9.07. The van der Waals surface area contributed by atoms with Crippen molar-refractivity contribution in [3.8, 4) is 6.07 Å². The summed E-state index contributed by atoms with van der Waals surface area (Å²) in [7, 11) is 0. The van der Waals surface area contributed by atoms with E-state index >= 15 is 0 Å². The third-order valence-corrected chi connectivity index (χ3v) is 3.82. The van der Waals surface area contributed by atoms with Crippen molar-refractivity contribution in [1.29, 1.82) is 5.26 Å². The Labute approximate surface area is 118 Å². The highest BCUT2D eigenvalue weighted by Gasteiger charge is 2.40. The van der Waals surface area contributed by atoms with Gasteiger partial charge >= 0.3 is 0 Å². The van der Waals surface area contributed by atoms with Gasteiger partial charge in [0.25, 0.3) is 0 Å². The van der Waals surface area contributed by atoms with Gasteiger partial charge in [-0.15, -0.1) is 0 Å². The highest BCUT2D eigenvalue weighted by molar-refractivity contribution is 9.10. The molecule has 0 bridgehead atoms. The summed E-state index contributed by atoms with van der Waals surface area (Å²) in [4.78, 5) is 12.2. The van der Waals surface area contributed by atoms with Gasteiger partial charge in [0, 0.05) is 18.9 Å². The predicted octanol–water partition coefficient (Wildman–Crippen LogP) is 2.85. The highest BCUT2D eigenvalue weighted by Crippen LogP contribution is 2.31. The summed E-state index contributed by atoms with van der Waals surface area (Å²) in [6, 6.07) is 6.37. The number of amides is 1. The smallest absolute Gasteiger partial charge is 0.245 e. The third kappa shape index (κ3) is 2.94. The van der Waals surface area contributed by atoms with Gasteiger partial charge in [-0.2, -0.15) is 5.26 Å². The number of nitrogens with zero attached hydrogens (tertiary/aromatic N) is 1. The molecule has 19 heavy (non-hydrogen) atoms. The van der Waals surface area contributed by atoms with Gasteiger partial charge in [0.1, 0.15) is 11.2 Å². The van der Waals surface area contributed by atoms with Crippen LogP contribution in [0.5, 0.6) is 0 Å². The van der Waals surface area contributed by atoms with Crippen LogP contribution in [0.2, 0.25) is 0 Å². The van der Waals surface area contributed by atoms with E-state index in [0.29, 0.717) is 36.2 Å². The van der Waals surface area contributed by atoms with Gasteiger partial charge in [-0.1, -0.05) is 0 Å². The van der Waals surface area contributed by atoms with Crippen molar-refractivity contribution in [2.45, 2.75) is 12.8 Å². The second-order valence-corrected chi connectivity index (χ2v) is 5.24. The number of hydrogen-bond donors (Lipinski definition) is 1. The maximum absolute atomic E-state index is 13.4. The summed E-state index contributed by atoms with van der Waals surface area (Å²) >= 11 is 3.04. The molecule has 1 aromatic carbocycles. The number of halogens is 2. The summed E-state index contributed by atoms with van der Waals surface area (Å²) in [5, 5.41) is 11.8. The molecule has 4 nitrogen and oxygen atoms in total. The van der Waals surface area contributed by atoms with E-state index in [0.717, 1.165) is 0 Å². The van der Waals surface area contributed by atoms with Crippen LogP contribution in [-0.4, -0.2) is 19.1 Å². The fourth-order valence-electron chi connectivity index (χ4n) is 1.93. The van der Waals surface area contributed by atoms with Crippen molar-refractivity contribution in [2.24, 2.45) is 5.41 Å². The quantitative estimate of drug-likeness (QED) is 0.908. The zero-order valence-electron chi connectivity index (χ0n) is 10.1. The maximum Gasteiger partial charge on any atom is 0.245 e. The number of nitriles is 1. The van der Waals surface area contributed by atoms with Crippen LogP contribution in [0.3, 0.4) is 0 Å². The molecule has 0 radical (unpaired) electrons. The molecule has 0 aromatic heterocycles. The van der Waals surface area contributed by atoms with Gasteiger partial charge in [-0.05, 0) is 47.0 Å². The molecule has 1 aromatic rings. The SMILES string of the molecule is N#CC1(C(=O)Nc2ccc(Br)c(F)c2)CCOCC1. The third-order valence-electron chi connectivity index (χ3n) is 3.17. The minimum Gasteiger partial charge on any atom is -0.381 e. The van der Waals surface area contributed by atoms with E-state index < -0.39 is 17.1 Å². The van der Waals surface area contributed by atoms with Crippen LogP contribution in [0.25, 0.3) is 0 Å². The Hall–Kier alpha value is -1.45. The molecule has 0 unspecified atom stereocenters. The lowest BCUT2D eigenvalue weighted by molar-refractivity contribution is -0.126. The molecule has 0 saturated carbocycles. The molecular formula is C13H12BrFN2O2. The van der Waals surface area contributed by atoms with Crippen LogP contribution in [0.15, 0.2) is 22.7 Å². The van der Waals surface area contributed by atoms with Gasteiger partial charge in [0.05, 0.1) is 10.5 Å². The Kier molecular flexibility index (Phi) is 4.17. The van der Waals surface area contributed by atoms with Crippen molar-refractivity contribution in [1.82, 2.24) is 0 Å². The van der Waals surface area contributed by atoms with Crippen molar-refractivity contribution < 1.29 is 13.9 Å². The van der Waals surface area contributed by atoms with Gasteiger partial charge in [-0.25, -0.2) is 4.39 Å². The molecule has 1 aliphatic heterocycles. The molecule has 1 saturated heterocycles. The molecule has 1 amide bonds. The predicted molar refractivity (Wildman–Crippen MR) is 70.8 cm³/mol. The molecule has 0 aliphatic carbocycles. The second-order valence-electron chi connectivity index (χ2n) is 4.39. The lowest BCUT2D eigenvalue weighted by atomic mass is 9.81. The fraction of sp³-hybridized carbons (Fsp3) is 0.385. The zero-order valence-corrected chi connectivity index (χ0v) is 11.7. The number of carbonyl (C=O) groups is 1. The average molecular weight is 327 g/mol. The lowest BCUT2D eigenvalue weighted by Crippen LogP contribution is -2.39. The molecule has 1 N–H and O–H groups in total. The monoisotopic (exact) mass is 326 g/mol.